The van der Waals surface area contributed by atoms with Crippen LogP contribution in [-0.4, -0.2) is 111 Å². The van der Waals surface area contributed by atoms with Crippen molar-refractivity contribution >= 4 is 15.9 Å². The van der Waals surface area contributed by atoms with Gasteiger partial charge in [0.2, 0.25) is 4.51 Å². The van der Waals surface area contributed by atoms with E-state index in [1.54, 1.807) is 0 Å². The second kappa shape index (κ2) is 6.33. The van der Waals surface area contributed by atoms with E-state index >= 15 is 0 Å². The monoisotopic (exact) mass is 420 g/mol. The van der Waals surface area contributed by atoms with Crippen molar-refractivity contribution in [1.29, 1.82) is 0 Å². The lowest BCUT2D eigenvalue weighted by Gasteiger charge is -2.58. The zero-order chi connectivity index (χ0) is 18.7. The number of aliphatic hydroxyl groups is 9. The van der Waals surface area contributed by atoms with Crippen molar-refractivity contribution in [2.45, 2.75) is 65.7 Å². The second-order valence-corrected chi connectivity index (χ2v) is 7.25. The normalized spacial score (nSPS) is 59.4. The van der Waals surface area contributed by atoms with Gasteiger partial charge in [-0.25, -0.2) is 0 Å². The van der Waals surface area contributed by atoms with E-state index < -0.39 is 65.4 Å². The molecule has 0 radical (unpaired) electrons. The summed E-state index contributed by atoms with van der Waals surface area (Å²) >= 11 is 2.54. The molecule has 0 aromatic heterocycles. The van der Waals surface area contributed by atoms with E-state index in [-0.39, 0.29) is 0 Å². The molecular weight excluding hydrogens is 400 g/mol. The largest absolute Gasteiger partial charge is 0.394 e. The summed E-state index contributed by atoms with van der Waals surface area (Å²) in [6.07, 6.45) is -13.2. The molecule has 0 aromatic rings. The molecule has 12 heteroatoms. The lowest BCUT2D eigenvalue weighted by molar-refractivity contribution is -0.493. The Labute approximate surface area is 144 Å². The van der Waals surface area contributed by atoms with E-state index in [2.05, 4.69) is 15.9 Å². The second-order valence-electron chi connectivity index (χ2n) is 6.04. The van der Waals surface area contributed by atoms with Crippen LogP contribution >= 0.6 is 15.9 Å². The molecule has 0 spiro atoms. The Morgan fingerprint density at radius 2 is 1.42 bits per heavy atom. The molecule has 0 amide bonds. The van der Waals surface area contributed by atoms with Gasteiger partial charge in [-0.1, -0.05) is 0 Å². The van der Waals surface area contributed by atoms with E-state index in [1.165, 1.54) is 6.92 Å². The van der Waals surface area contributed by atoms with E-state index in [0.717, 1.165) is 0 Å². The standard InChI is InChI=1S/C12H21BrO11/c1-3-5(15)8(18)10(13,20)12(22,23-3)11(21)9(19)7(17)6(16)4(2-14)24-11/h3-9,14-22H,2H2,1H3/t3-,4+,5-,6+,7-,8+,9+,10-,11?,12?/m0/s1. The first-order chi connectivity index (χ1) is 10.8. The highest BCUT2D eigenvalue weighted by Gasteiger charge is 2.76. The van der Waals surface area contributed by atoms with Crippen LogP contribution in [0.3, 0.4) is 0 Å². The Morgan fingerprint density at radius 1 is 0.875 bits per heavy atom. The van der Waals surface area contributed by atoms with Crippen molar-refractivity contribution in [2.75, 3.05) is 6.61 Å². The summed E-state index contributed by atoms with van der Waals surface area (Å²) in [5, 5.41) is 90.3. The van der Waals surface area contributed by atoms with Gasteiger partial charge in [0.25, 0.3) is 11.6 Å². The average Bonchev–Trinajstić information content (AvgIpc) is 2.53. The highest BCUT2D eigenvalue weighted by Crippen LogP contribution is 2.50. The van der Waals surface area contributed by atoms with E-state index in [1.807, 2.05) is 0 Å². The summed E-state index contributed by atoms with van der Waals surface area (Å²) in [5.41, 5.74) is 0. The van der Waals surface area contributed by atoms with Crippen molar-refractivity contribution < 1.29 is 55.4 Å². The van der Waals surface area contributed by atoms with Crippen LogP contribution in [0.1, 0.15) is 6.92 Å². The Bertz CT molecular complexity index is 476. The smallest absolute Gasteiger partial charge is 0.267 e. The zero-order valence-electron chi connectivity index (χ0n) is 12.5. The number of halogens is 1. The predicted octanol–water partition coefficient (Wildman–Crippen LogP) is -4.94. The SMILES string of the molecule is C[C@@H]1OC(O)(C2(O)O[C@H](CO)[C@@H](O)[C@H](O)[C@H]2O)[C@](O)(Br)[C@H](O)[C@H]1O. The van der Waals surface area contributed by atoms with Gasteiger partial charge in [0.05, 0.1) is 12.7 Å². The van der Waals surface area contributed by atoms with Crippen molar-refractivity contribution in [2.24, 2.45) is 0 Å². The van der Waals surface area contributed by atoms with E-state index in [4.69, 9.17) is 9.47 Å². The third kappa shape index (κ3) is 2.53. The minimum atomic E-state index is -3.31. The fraction of sp³-hybridized carbons (Fsp3) is 1.00. The van der Waals surface area contributed by atoms with Crippen LogP contribution in [0, 0.1) is 0 Å². The lowest BCUT2D eigenvalue weighted by Crippen LogP contribution is -2.83. The molecule has 2 rings (SSSR count). The topological polar surface area (TPSA) is 201 Å². The summed E-state index contributed by atoms with van der Waals surface area (Å²) in [7, 11) is 0. The zero-order valence-corrected chi connectivity index (χ0v) is 14.1. The van der Waals surface area contributed by atoms with Crippen LogP contribution in [-0.2, 0) is 9.47 Å². The van der Waals surface area contributed by atoms with Gasteiger partial charge in [-0.15, -0.1) is 0 Å². The summed E-state index contributed by atoms with van der Waals surface area (Å²) in [4.78, 5) is 0. The Hall–Kier alpha value is 0.0400. The van der Waals surface area contributed by atoms with Crippen molar-refractivity contribution in [3.8, 4) is 0 Å². The maximum atomic E-state index is 10.7. The van der Waals surface area contributed by atoms with Gasteiger partial charge in [0.15, 0.2) is 0 Å². The van der Waals surface area contributed by atoms with Gasteiger partial charge in [-0.05, 0) is 22.9 Å². The van der Waals surface area contributed by atoms with Crippen LogP contribution in [0.2, 0.25) is 0 Å². The number of ether oxygens (including phenoxy) is 2. The number of hydrogen-bond acceptors (Lipinski definition) is 11. The number of aliphatic hydroxyl groups excluding tert-OH is 6. The molecular formula is C12H21BrO11. The fourth-order valence-corrected chi connectivity index (χ4v) is 3.52. The summed E-state index contributed by atoms with van der Waals surface area (Å²) in [6, 6.07) is 0. The van der Waals surface area contributed by atoms with Crippen LogP contribution in [0.15, 0.2) is 0 Å². The first kappa shape index (κ1) is 20.4. The Balaban J connectivity index is 2.53. The molecule has 0 aromatic carbocycles. The molecule has 2 fully saturated rings. The molecule has 24 heavy (non-hydrogen) atoms. The van der Waals surface area contributed by atoms with Crippen molar-refractivity contribution in [1.82, 2.24) is 0 Å². The van der Waals surface area contributed by atoms with Crippen molar-refractivity contribution in [3.63, 3.8) is 0 Å². The third-order valence-electron chi connectivity index (χ3n) is 4.48. The highest BCUT2D eigenvalue weighted by molar-refractivity contribution is 9.10. The third-order valence-corrected chi connectivity index (χ3v) is 5.49. The molecule has 9 N–H and O–H groups in total. The summed E-state index contributed by atoms with van der Waals surface area (Å²) in [5.74, 6) is -6.61. The van der Waals surface area contributed by atoms with Gasteiger partial charge >= 0.3 is 0 Å². The first-order valence-electron chi connectivity index (χ1n) is 7.08. The molecule has 142 valence electrons. The first-order valence-corrected chi connectivity index (χ1v) is 7.87. The Morgan fingerprint density at radius 3 is 1.92 bits per heavy atom. The molecule has 0 aliphatic carbocycles. The van der Waals surface area contributed by atoms with Crippen LogP contribution < -0.4 is 0 Å². The van der Waals surface area contributed by atoms with Gasteiger partial charge in [-0.2, -0.15) is 0 Å². The molecule has 2 saturated heterocycles. The van der Waals surface area contributed by atoms with Gasteiger partial charge in [0.1, 0.15) is 36.6 Å². The lowest BCUT2D eigenvalue weighted by atomic mass is 9.80. The van der Waals surface area contributed by atoms with Crippen LogP contribution in [0.25, 0.3) is 0 Å². The maximum absolute atomic E-state index is 10.7. The Kier molecular flexibility index (Phi) is 5.37. The number of rotatable bonds is 2. The highest BCUT2D eigenvalue weighted by atomic mass is 79.9. The molecule has 2 unspecified atom stereocenters. The minimum absolute atomic E-state index is 0.926. The summed E-state index contributed by atoms with van der Waals surface area (Å²) in [6.45, 7) is 0.263. The van der Waals surface area contributed by atoms with E-state index in [0.29, 0.717) is 0 Å². The molecule has 0 bridgehead atoms. The number of alkyl halides is 1. The fourth-order valence-electron chi connectivity index (χ4n) is 2.87. The minimum Gasteiger partial charge on any atom is -0.394 e. The van der Waals surface area contributed by atoms with Crippen molar-refractivity contribution in [3.05, 3.63) is 0 Å². The molecule has 11 nitrogen and oxygen atoms in total. The quantitative estimate of drug-likeness (QED) is 0.194. The van der Waals surface area contributed by atoms with E-state index in [9.17, 15) is 46.0 Å². The summed E-state index contributed by atoms with van der Waals surface area (Å²) < 4.78 is 6.96. The molecule has 2 aliphatic rings. The molecule has 2 aliphatic heterocycles. The van der Waals surface area contributed by atoms with Gasteiger partial charge in [-0.3, -0.25) is 0 Å². The molecule has 10 atom stereocenters. The van der Waals surface area contributed by atoms with Crippen LogP contribution in [0.4, 0.5) is 0 Å². The van der Waals surface area contributed by atoms with Crippen LogP contribution in [0.5, 0.6) is 0 Å². The maximum Gasteiger partial charge on any atom is 0.267 e. The number of hydrogen-bond donors (Lipinski definition) is 9. The molecule has 2 heterocycles. The average molecular weight is 421 g/mol. The predicted molar refractivity (Wildman–Crippen MR) is 76.3 cm³/mol. The van der Waals surface area contributed by atoms with Gasteiger partial charge in [0, 0.05) is 0 Å². The molecule has 0 saturated carbocycles. The van der Waals surface area contributed by atoms with Gasteiger partial charge < -0.3 is 55.4 Å².